The summed E-state index contributed by atoms with van der Waals surface area (Å²) < 4.78 is 0. The van der Waals surface area contributed by atoms with E-state index in [0.717, 1.165) is 30.0 Å². The highest BCUT2D eigenvalue weighted by Gasteiger charge is 2.30. The van der Waals surface area contributed by atoms with Gasteiger partial charge in [0, 0.05) is 24.4 Å². The zero-order valence-electron chi connectivity index (χ0n) is 14.3. The Balaban J connectivity index is 1.84. The summed E-state index contributed by atoms with van der Waals surface area (Å²) in [7, 11) is 0. The predicted octanol–water partition coefficient (Wildman–Crippen LogP) is 4.18. The zero-order valence-corrected chi connectivity index (χ0v) is 15.1. The van der Waals surface area contributed by atoms with Crippen molar-refractivity contribution in [2.24, 2.45) is 0 Å². The van der Waals surface area contributed by atoms with Gasteiger partial charge in [-0.2, -0.15) is 0 Å². The molecule has 1 aromatic heterocycles. The number of amides is 1. The standard InChI is InChI=1S/C19H22N2O2S/c1-12(2)14-6-4-7-15(10-14)18(23)16-11-24-19(20-16)17-8-5-9-21(17)13(3)22/h4,6-7,10-12,17H,5,8-9H2,1-3H3/t17-/m0/s1. The molecule has 3 rings (SSSR count). The van der Waals surface area contributed by atoms with E-state index in [1.165, 1.54) is 11.3 Å². The lowest BCUT2D eigenvalue weighted by Gasteiger charge is -2.21. The van der Waals surface area contributed by atoms with Crippen LogP contribution in [0.25, 0.3) is 0 Å². The topological polar surface area (TPSA) is 50.3 Å². The van der Waals surface area contributed by atoms with Crippen LogP contribution >= 0.6 is 11.3 Å². The van der Waals surface area contributed by atoms with Gasteiger partial charge in [-0.3, -0.25) is 9.59 Å². The fraction of sp³-hybridized carbons (Fsp3) is 0.421. The Morgan fingerprint density at radius 1 is 1.33 bits per heavy atom. The van der Waals surface area contributed by atoms with Crippen molar-refractivity contribution in [2.75, 3.05) is 6.54 Å². The van der Waals surface area contributed by atoms with E-state index in [1.807, 2.05) is 34.5 Å². The monoisotopic (exact) mass is 342 g/mol. The Hall–Kier alpha value is -2.01. The summed E-state index contributed by atoms with van der Waals surface area (Å²) in [5.74, 6) is 0.406. The molecule has 0 saturated carbocycles. The number of carbonyl (C=O) groups is 2. The molecule has 4 nitrogen and oxygen atoms in total. The minimum absolute atomic E-state index is 0.0241. The highest BCUT2D eigenvalue weighted by molar-refractivity contribution is 7.10. The second kappa shape index (κ2) is 6.85. The van der Waals surface area contributed by atoms with Crippen molar-refractivity contribution in [1.29, 1.82) is 0 Å². The van der Waals surface area contributed by atoms with Crippen LogP contribution in [-0.2, 0) is 4.79 Å². The molecule has 126 valence electrons. The molecule has 5 heteroatoms. The predicted molar refractivity (Wildman–Crippen MR) is 95.4 cm³/mol. The molecule has 1 aliphatic heterocycles. The molecule has 24 heavy (non-hydrogen) atoms. The van der Waals surface area contributed by atoms with Crippen molar-refractivity contribution in [3.05, 3.63) is 51.5 Å². The summed E-state index contributed by atoms with van der Waals surface area (Å²) in [6.07, 6.45) is 1.91. The normalized spacial score (nSPS) is 17.5. The third-order valence-electron chi connectivity index (χ3n) is 4.51. The van der Waals surface area contributed by atoms with Gasteiger partial charge in [0.2, 0.25) is 11.7 Å². The Kier molecular flexibility index (Phi) is 4.81. The number of thiazole rings is 1. The average Bonchev–Trinajstić information content (AvgIpc) is 3.23. The van der Waals surface area contributed by atoms with E-state index in [2.05, 4.69) is 18.8 Å². The van der Waals surface area contributed by atoms with Gasteiger partial charge in [0.25, 0.3) is 0 Å². The zero-order chi connectivity index (χ0) is 17.3. The number of ketones is 1. The van der Waals surface area contributed by atoms with Crippen molar-refractivity contribution >= 4 is 23.0 Å². The molecule has 0 unspecified atom stereocenters. The van der Waals surface area contributed by atoms with E-state index in [9.17, 15) is 9.59 Å². The van der Waals surface area contributed by atoms with Crippen molar-refractivity contribution in [3.8, 4) is 0 Å². The first-order valence-corrected chi connectivity index (χ1v) is 9.22. The molecule has 1 aliphatic rings. The minimum atomic E-state index is -0.0487. The van der Waals surface area contributed by atoms with Crippen molar-refractivity contribution in [3.63, 3.8) is 0 Å². The SMILES string of the molecule is CC(=O)N1CCC[C@H]1c1nc(C(=O)c2cccc(C(C)C)c2)cs1. The lowest BCUT2D eigenvalue weighted by Crippen LogP contribution is -2.28. The molecular weight excluding hydrogens is 320 g/mol. The molecule has 0 radical (unpaired) electrons. The summed E-state index contributed by atoms with van der Waals surface area (Å²) >= 11 is 1.48. The first-order valence-electron chi connectivity index (χ1n) is 8.34. The first-order chi connectivity index (χ1) is 11.5. The van der Waals surface area contributed by atoms with Crippen LogP contribution in [0.3, 0.4) is 0 Å². The van der Waals surface area contributed by atoms with E-state index in [4.69, 9.17) is 0 Å². The number of hydrogen-bond donors (Lipinski definition) is 0. The quantitative estimate of drug-likeness (QED) is 0.783. The molecule has 2 aromatic rings. The average molecular weight is 342 g/mol. The van der Waals surface area contributed by atoms with Crippen molar-refractivity contribution in [2.45, 2.75) is 45.6 Å². The maximum Gasteiger partial charge on any atom is 0.220 e. The highest BCUT2D eigenvalue weighted by Crippen LogP contribution is 2.34. The summed E-state index contributed by atoms with van der Waals surface area (Å²) in [5.41, 5.74) is 2.30. The molecule has 1 amide bonds. The molecule has 2 heterocycles. The second-order valence-corrected chi connectivity index (χ2v) is 7.44. The van der Waals surface area contributed by atoms with Crippen LogP contribution in [0.5, 0.6) is 0 Å². The number of benzene rings is 1. The van der Waals surface area contributed by atoms with Gasteiger partial charge in [-0.15, -0.1) is 11.3 Å². The number of likely N-dealkylation sites (tertiary alicyclic amines) is 1. The fourth-order valence-corrected chi connectivity index (χ4v) is 4.08. The molecule has 1 saturated heterocycles. The van der Waals surface area contributed by atoms with Crippen LogP contribution in [0.15, 0.2) is 29.6 Å². The molecule has 1 atom stereocenters. The Morgan fingerprint density at radius 3 is 2.83 bits per heavy atom. The summed E-state index contributed by atoms with van der Waals surface area (Å²) in [4.78, 5) is 30.9. The van der Waals surface area contributed by atoms with Gasteiger partial charge < -0.3 is 4.90 Å². The molecule has 0 N–H and O–H groups in total. The first kappa shape index (κ1) is 16.8. The largest absolute Gasteiger partial charge is 0.333 e. The van der Waals surface area contributed by atoms with Gasteiger partial charge in [-0.25, -0.2) is 4.98 Å². The third kappa shape index (κ3) is 3.26. The number of aromatic nitrogens is 1. The van der Waals surface area contributed by atoms with Crippen LogP contribution < -0.4 is 0 Å². The fourth-order valence-electron chi connectivity index (χ4n) is 3.13. The maximum atomic E-state index is 12.7. The van der Waals surface area contributed by atoms with Crippen molar-refractivity contribution in [1.82, 2.24) is 9.88 Å². The Labute approximate surface area is 146 Å². The van der Waals surface area contributed by atoms with Crippen LogP contribution in [0.1, 0.15) is 72.2 Å². The molecule has 1 aromatic carbocycles. The van der Waals surface area contributed by atoms with Crippen LogP contribution in [0.2, 0.25) is 0 Å². The molecular formula is C19H22N2O2S. The summed E-state index contributed by atoms with van der Waals surface area (Å²) in [5, 5.41) is 2.68. The van der Waals surface area contributed by atoms with Gasteiger partial charge in [0.05, 0.1) is 6.04 Å². The lowest BCUT2D eigenvalue weighted by atomic mass is 9.99. The van der Waals surface area contributed by atoms with Crippen LogP contribution in [-0.4, -0.2) is 28.1 Å². The molecule has 0 spiro atoms. The van der Waals surface area contributed by atoms with E-state index in [-0.39, 0.29) is 17.7 Å². The van der Waals surface area contributed by atoms with E-state index < -0.39 is 0 Å². The number of hydrogen-bond acceptors (Lipinski definition) is 4. The maximum absolute atomic E-state index is 12.7. The minimum Gasteiger partial charge on any atom is -0.333 e. The lowest BCUT2D eigenvalue weighted by molar-refractivity contribution is -0.129. The number of carbonyl (C=O) groups excluding carboxylic acids is 2. The Morgan fingerprint density at radius 2 is 2.12 bits per heavy atom. The number of rotatable bonds is 4. The molecule has 0 aliphatic carbocycles. The van der Waals surface area contributed by atoms with Gasteiger partial charge in [-0.05, 0) is 30.4 Å². The van der Waals surface area contributed by atoms with E-state index >= 15 is 0 Å². The van der Waals surface area contributed by atoms with Gasteiger partial charge >= 0.3 is 0 Å². The summed E-state index contributed by atoms with van der Waals surface area (Å²) in [6.45, 7) is 6.59. The summed E-state index contributed by atoms with van der Waals surface area (Å²) in [6, 6.07) is 7.77. The van der Waals surface area contributed by atoms with E-state index in [1.54, 1.807) is 6.92 Å². The van der Waals surface area contributed by atoms with Gasteiger partial charge in [0.15, 0.2) is 0 Å². The Bertz CT molecular complexity index is 766. The van der Waals surface area contributed by atoms with E-state index in [0.29, 0.717) is 17.2 Å². The smallest absolute Gasteiger partial charge is 0.220 e. The van der Waals surface area contributed by atoms with Crippen LogP contribution in [0, 0.1) is 0 Å². The van der Waals surface area contributed by atoms with Crippen LogP contribution in [0.4, 0.5) is 0 Å². The van der Waals surface area contributed by atoms with Gasteiger partial charge in [-0.1, -0.05) is 32.0 Å². The van der Waals surface area contributed by atoms with Crippen molar-refractivity contribution < 1.29 is 9.59 Å². The third-order valence-corrected chi connectivity index (χ3v) is 5.46. The highest BCUT2D eigenvalue weighted by atomic mass is 32.1. The van der Waals surface area contributed by atoms with Gasteiger partial charge in [0.1, 0.15) is 10.7 Å². The molecule has 1 fully saturated rings. The second-order valence-electron chi connectivity index (χ2n) is 6.55. The number of nitrogens with zero attached hydrogens (tertiary/aromatic N) is 2. The molecule has 0 bridgehead atoms.